The number of rotatable bonds is 0. The second kappa shape index (κ2) is 2.03. The van der Waals surface area contributed by atoms with Crippen molar-refractivity contribution in [3.63, 3.8) is 0 Å². The van der Waals surface area contributed by atoms with Crippen LogP contribution in [-0.4, -0.2) is 9.97 Å². The van der Waals surface area contributed by atoms with Gasteiger partial charge in [-0.15, -0.1) is 0 Å². The Bertz CT molecular complexity index is 294. The van der Waals surface area contributed by atoms with Crippen LogP contribution in [0.1, 0.15) is 42.8 Å². The number of nitrogens with zero attached hydrogens (tertiary/aromatic N) is 2. The first-order valence-electron chi connectivity index (χ1n) is 4.03. The highest BCUT2D eigenvalue weighted by atomic mass is 14.9. The Hall–Kier alpha value is -0.920. The maximum absolute atomic E-state index is 4.43. The summed E-state index contributed by atoms with van der Waals surface area (Å²) in [6.07, 6.45) is 1.85. The van der Waals surface area contributed by atoms with E-state index in [1.807, 2.05) is 13.1 Å². The van der Waals surface area contributed by atoms with Gasteiger partial charge in [-0.25, -0.2) is 0 Å². The van der Waals surface area contributed by atoms with Gasteiger partial charge in [-0.2, -0.15) is 0 Å². The smallest absolute Gasteiger partial charge is 0.0659 e. The van der Waals surface area contributed by atoms with Crippen LogP contribution in [0.25, 0.3) is 0 Å². The van der Waals surface area contributed by atoms with Gasteiger partial charge in [-0.1, -0.05) is 13.8 Å². The number of hydrogen-bond acceptors (Lipinski definition) is 2. The third kappa shape index (κ3) is 0.785. The SMILES string of the molecule is Cc1cnc2c(n1)C(C)C2C. The highest BCUT2D eigenvalue weighted by Gasteiger charge is 2.33. The molecule has 0 bridgehead atoms. The van der Waals surface area contributed by atoms with Crippen molar-refractivity contribution in [2.45, 2.75) is 32.6 Å². The van der Waals surface area contributed by atoms with Crippen molar-refractivity contribution in [1.29, 1.82) is 0 Å². The molecule has 58 valence electrons. The molecule has 1 aliphatic carbocycles. The summed E-state index contributed by atoms with van der Waals surface area (Å²) in [6, 6.07) is 0. The molecule has 2 nitrogen and oxygen atoms in total. The van der Waals surface area contributed by atoms with Gasteiger partial charge in [0.1, 0.15) is 0 Å². The van der Waals surface area contributed by atoms with E-state index in [1.165, 1.54) is 11.4 Å². The molecule has 11 heavy (non-hydrogen) atoms. The minimum absolute atomic E-state index is 0.609. The lowest BCUT2D eigenvalue weighted by atomic mass is 9.77. The lowest BCUT2D eigenvalue weighted by Crippen LogP contribution is -2.23. The molecule has 1 heterocycles. The van der Waals surface area contributed by atoms with Crippen LogP contribution in [0.15, 0.2) is 6.20 Å². The zero-order valence-electron chi connectivity index (χ0n) is 7.13. The Kier molecular flexibility index (Phi) is 1.25. The molecule has 0 radical (unpaired) electrons. The third-order valence-corrected chi connectivity index (χ3v) is 2.56. The molecule has 0 spiro atoms. The first-order chi connectivity index (χ1) is 5.20. The largest absolute Gasteiger partial charge is 0.257 e. The standard InChI is InChI=1S/C9H12N2/c1-5-4-10-8-6(2)7(3)9(8)11-5/h4,6-7H,1-3H3. The van der Waals surface area contributed by atoms with Gasteiger partial charge in [0.25, 0.3) is 0 Å². The van der Waals surface area contributed by atoms with Crippen LogP contribution < -0.4 is 0 Å². The summed E-state index contributed by atoms with van der Waals surface area (Å²) in [7, 11) is 0. The molecule has 2 unspecified atom stereocenters. The topological polar surface area (TPSA) is 25.8 Å². The maximum Gasteiger partial charge on any atom is 0.0659 e. The Morgan fingerprint density at radius 2 is 1.82 bits per heavy atom. The molecule has 2 atom stereocenters. The van der Waals surface area contributed by atoms with E-state index in [1.54, 1.807) is 0 Å². The summed E-state index contributed by atoms with van der Waals surface area (Å²) in [5.41, 5.74) is 3.43. The first kappa shape index (κ1) is 6.77. The molecule has 1 aliphatic rings. The summed E-state index contributed by atoms with van der Waals surface area (Å²) in [6.45, 7) is 6.40. The van der Waals surface area contributed by atoms with E-state index in [0.29, 0.717) is 11.8 Å². The van der Waals surface area contributed by atoms with Gasteiger partial charge in [0.2, 0.25) is 0 Å². The average Bonchev–Trinajstić information content (AvgIpc) is 2.03. The van der Waals surface area contributed by atoms with E-state index in [2.05, 4.69) is 23.8 Å². The van der Waals surface area contributed by atoms with Crippen molar-refractivity contribution in [3.05, 3.63) is 23.3 Å². The molecule has 0 saturated heterocycles. The summed E-state index contributed by atoms with van der Waals surface area (Å²) in [5, 5.41) is 0. The molecule has 2 heteroatoms. The van der Waals surface area contributed by atoms with Gasteiger partial charge in [0.15, 0.2) is 0 Å². The number of hydrogen-bond donors (Lipinski definition) is 0. The van der Waals surface area contributed by atoms with Gasteiger partial charge in [-0.05, 0) is 6.92 Å². The average molecular weight is 148 g/mol. The molecular weight excluding hydrogens is 136 g/mol. The van der Waals surface area contributed by atoms with Crippen molar-refractivity contribution >= 4 is 0 Å². The van der Waals surface area contributed by atoms with E-state index < -0.39 is 0 Å². The Morgan fingerprint density at radius 1 is 1.18 bits per heavy atom. The third-order valence-electron chi connectivity index (χ3n) is 2.56. The van der Waals surface area contributed by atoms with Gasteiger partial charge in [0, 0.05) is 18.0 Å². The molecule has 1 aromatic rings. The molecule has 1 aromatic heterocycles. The summed E-state index contributed by atoms with van der Waals surface area (Å²) < 4.78 is 0. The fourth-order valence-electron chi connectivity index (χ4n) is 1.57. The van der Waals surface area contributed by atoms with Crippen molar-refractivity contribution in [2.75, 3.05) is 0 Å². The monoisotopic (exact) mass is 148 g/mol. The molecule has 0 amide bonds. The van der Waals surface area contributed by atoms with Crippen molar-refractivity contribution in [2.24, 2.45) is 0 Å². The second-order valence-electron chi connectivity index (χ2n) is 3.36. The van der Waals surface area contributed by atoms with Gasteiger partial charge in [0.05, 0.1) is 17.1 Å². The summed E-state index contributed by atoms with van der Waals surface area (Å²) >= 11 is 0. The lowest BCUT2D eigenvalue weighted by Gasteiger charge is -2.31. The molecular formula is C9H12N2. The molecule has 0 saturated carbocycles. The quantitative estimate of drug-likeness (QED) is 0.562. The minimum Gasteiger partial charge on any atom is -0.257 e. The second-order valence-corrected chi connectivity index (χ2v) is 3.36. The Balaban J connectivity index is 2.50. The summed E-state index contributed by atoms with van der Waals surface area (Å²) in [5.74, 6) is 1.22. The zero-order valence-corrected chi connectivity index (χ0v) is 7.13. The Morgan fingerprint density at radius 3 is 2.55 bits per heavy atom. The number of aryl methyl sites for hydroxylation is 1. The van der Waals surface area contributed by atoms with Gasteiger partial charge < -0.3 is 0 Å². The highest BCUT2D eigenvalue weighted by molar-refractivity contribution is 5.33. The van der Waals surface area contributed by atoms with E-state index >= 15 is 0 Å². The van der Waals surface area contributed by atoms with E-state index in [0.717, 1.165) is 5.69 Å². The van der Waals surface area contributed by atoms with E-state index in [4.69, 9.17) is 0 Å². The fraction of sp³-hybridized carbons (Fsp3) is 0.556. The maximum atomic E-state index is 4.43. The minimum atomic E-state index is 0.609. The van der Waals surface area contributed by atoms with Crippen LogP contribution in [0.2, 0.25) is 0 Å². The number of aromatic nitrogens is 2. The van der Waals surface area contributed by atoms with Crippen molar-refractivity contribution < 1.29 is 0 Å². The van der Waals surface area contributed by atoms with Crippen molar-refractivity contribution in [1.82, 2.24) is 9.97 Å². The molecule has 0 aliphatic heterocycles. The fourth-order valence-corrected chi connectivity index (χ4v) is 1.57. The molecule has 0 N–H and O–H groups in total. The predicted molar refractivity (Wildman–Crippen MR) is 43.6 cm³/mol. The number of fused-ring (bicyclic) bond motifs is 1. The molecule has 2 rings (SSSR count). The van der Waals surface area contributed by atoms with E-state index in [-0.39, 0.29) is 0 Å². The normalized spacial score (nSPS) is 27.5. The first-order valence-corrected chi connectivity index (χ1v) is 4.03. The lowest BCUT2D eigenvalue weighted by molar-refractivity contribution is 0.497. The molecule has 0 fully saturated rings. The highest BCUT2D eigenvalue weighted by Crippen LogP contribution is 2.42. The zero-order chi connectivity index (χ0) is 8.01. The van der Waals surface area contributed by atoms with Gasteiger partial charge >= 0.3 is 0 Å². The van der Waals surface area contributed by atoms with Crippen LogP contribution in [0.3, 0.4) is 0 Å². The van der Waals surface area contributed by atoms with Crippen LogP contribution in [0.4, 0.5) is 0 Å². The molecule has 0 aromatic carbocycles. The summed E-state index contributed by atoms with van der Waals surface area (Å²) in [4.78, 5) is 8.76. The van der Waals surface area contributed by atoms with Gasteiger partial charge in [-0.3, -0.25) is 9.97 Å². The van der Waals surface area contributed by atoms with Crippen LogP contribution >= 0.6 is 0 Å². The Labute approximate surface area is 66.7 Å². The van der Waals surface area contributed by atoms with E-state index in [9.17, 15) is 0 Å². The van der Waals surface area contributed by atoms with Crippen LogP contribution in [0, 0.1) is 6.92 Å². The predicted octanol–water partition coefficient (Wildman–Crippen LogP) is 2.01. The van der Waals surface area contributed by atoms with Crippen LogP contribution in [-0.2, 0) is 0 Å². The van der Waals surface area contributed by atoms with Crippen LogP contribution in [0.5, 0.6) is 0 Å². The van der Waals surface area contributed by atoms with Crippen molar-refractivity contribution in [3.8, 4) is 0 Å².